The topological polar surface area (TPSA) is 47.9 Å². The van der Waals surface area contributed by atoms with Gasteiger partial charge in [-0.25, -0.2) is 0 Å². The zero-order valence-electron chi connectivity index (χ0n) is 11.1. The predicted molar refractivity (Wildman–Crippen MR) is 71.9 cm³/mol. The normalized spacial score (nSPS) is 9.72. The van der Waals surface area contributed by atoms with Gasteiger partial charge >= 0.3 is 0 Å². The molecule has 0 aliphatic heterocycles. The fraction of sp³-hybridized carbons (Fsp3) is 0.429. The summed E-state index contributed by atoms with van der Waals surface area (Å²) in [6.07, 6.45) is 1.65. The maximum Gasteiger partial charge on any atom is 0.134 e. The molecule has 1 aromatic carbocycles. The molecule has 0 aliphatic carbocycles. The Hall–Kier alpha value is -1.84. The highest BCUT2D eigenvalue weighted by Gasteiger charge is 2.06. The second-order valence-electron chi connectivity index (χ2n) is 3.81. The van der Waals surface area contributed by atoms with E-state index in [1.807, 2.05) is 26.0 Å². The van der Waals surface area contributed by atoms with E-state index in [4.69, 9.17) is 9.47 Å². The first-order valence-electron chi connectivity index (χ1n) is 6.06. The number of methoxy groups -OCH3 is 1. The van der Waals surface area contributed by atoms with Gasteiger partial charge in [0, 0.05) is 0 Å². The summed E-state index contributed by atoms with van der Waals surface area (Å²) in [6, 6.07) is 7.23. The Balaban J connectivity index is 2.67. The number of rotatable bonds is 7. The zero-order valence-corrected chi connectivity index (χ0v) is 11.1. The van der Waals surface area contributed by atoms with Gasteiger partial charge < -0.3 is 9.47 Å². The second kappa shape index (κ2) is 7.48. The predicted octanol–water partition coefficient (Wildman–Crippen LogP) is 3.91. The van der Waals surface area contributed by atoms with Crippen molar-refractivity contribution in [3.63, 3.8) is 0 Å². The number of nitroso groups, excluding NO2 is 1. The maximum absolute atomic E-state index is 10.8. The highest BCUT2D eigenvalue weighted by molar-refractivity contribution is 5.31. The average Bonchev–Trinajstić information content (AvgIpc) is 2.44. The van der Waals surface area contributed by atoms with E-state index in [-0.39, 0.29) is 6.61 Å². The molecule has 0 amide bonds. The summed E-state index contributed by atoms with van der Waals surface area (Å²) < 4.78 is 10.6. The Morgan fingerprint density at radius 1 is 1.11 bits per heavy atom. The molecule has 0 heterocycles. The van der Waals surface area contributed by atoms with Crippen LogP contribution in [0, 0.1) is 4.91 Å². The molecule has 0 unspecified atom stereocenters. The van der Waals surface area contributed by atoms with Gasteiger partial charge in [0.1, 0.15) is 23.8 Å². The van der Waals surface area contributed by atoms with Crippen molar-refractivity contribution < 1.29 is 9.47 Å². The van der Waals surface area contributed by atoms with Crippen LogP contribution in [0.3, 0.4) is 0 Å². The smallest absolute Gasteiger partial charge is 0.134 e. The molecular weight excluding hydrogens is 230 g/mol. The molecule has 0 saturated heterocycles. The Labute approximate surface area is 108 Å². The number of hydrogen-bond donors (Lipinski definition) is 0. The minimum Gasteiger partial charge on any atom is -0.497 e. The molecule has 0 radical (unpaired) electrons. The summed E-state index contributed by atoms with van der Waals surface area (Å²) in [6.45, 7) is 4.24. The third kappa shape index (κ3) is 3.87. The van der Waals surface area contributed by atoms with Crippen molar-refractivity contribution in [3.05, 3.63) is 40.4 Å². The quantitative estimate of drug-likeness (QED) is 0.688. The van der Waals surface area contributed by atoms with Crippen LogP contribution in [-0.4, -0.2) is 13.7 Å². The minimum atomic E-state index is 0.215. The van der Waals surface area contributed by atoms with Crippen LogP contribution in [0.25, 0.3) is 0 Å². The van der Waals surface area contributed by atoms with E-state index in [2.05, 4.69) is 5.18 Å². The zero-order chi connectivity index (χ0) is 13.4. The lowest BCUT2D eigenvalue weighted by molar-refractivity contribution is 0.347. The van der Waals surface area contributed by atoms with E-state index >= 15 is 0 Å². The standard InChI is InChI=1S/C14H19NO3/c1-4-11(5-2)14(15-16)10-18-13-8-6-12(17-3)7-9-13/h6-9H,4-5,10H2,1-3H3. The number of ether oxygens (including phenoxy) is 2. The fourth-order valence-electron chi connectivity index (χ4n) is 1.67. The highest BCUT2D eigenvalue weighted by atomic mass is 16.5. The van der Waals surface area contributed by atoms with Crippen LogP contribution in [0.15, 0.2) is 40.7 Å². The summed E-state index contributed by atoms with van der Waals surface area (Å²) >= 11 is 0. The first kappa shape index (κ1) is 14.2. The van der Waals surface area contributed by atoms with Crippen LogP contribution in [0.1, 0.15) is 26.7 Å². The maximum atomic E-state index is 10.8. The van der Waals surface area contributed by atoms with Gasteiger partial charge in [0.2, 0.25) is 0 Å². The van der Waals surface area contributed by atoms with Crippen LogP contribution in [0.5, 0.6) is 11.5 Å². The molecule has 0 bridgehead atoms. The molecule has 0 saturated carbocycles. The van der Waals surface area contributed by atoms with Gasteiger partial charge in [-0.05, 0) is 47.9 Å². The van der Waals surface area contributed by atoms with Crippen molar-refractivity contribution in [1.29, 1.82) is 0 Å². The van der Waals surface area contributed by atoms with Gasteiger partial charge in [0.25, 0.3) is 0 Å². The molecule has 18 heavy (non-hydrogen) atoms. The van der Waals surface area contributed by atoms with E-state index in [9.17, 15) is 4.91 Å². The second-order valence-corrected chi connectivity index (χ2v) is 3.81. The molecule has 4 nitrogen and oxygen atoms in total. The Kier molecular flexibility index (Phi) is 5.91. The van der Waals surface area contributed by atoms with Crippen molar-refractivity contribution in [2.45, 2.75) is 26.7 Å². The molecule has 1 aromatic rings. The molecule has 98 valence electrons. The molecule has 1 rings (SSSR count). The van der Waals surface area contributed by atoms with Crippen molar-refractivity contribution in [3.8, 4) is 11.5 Å². The van der Waals surface area contributed by atoms with Gasteiger partial charge in [-0.3, -0.25) is 0 Å². The molecule has 0 fully saturated rings. The van der Waals surface area contributed by atoms with Crippen LogP contribution < -0.4 is 9.47 Å². The molecule has 0 spiro atoms. The van der Waals surface area contributed by atoms with Crippen molar-refractivity contribution >= 4 is 0 Å². The van der Waals surface area contributed by atoms with Gasteiger partial charge in [-0.15, -0.1) is 4.91 Å². The van der Waals surface area contributed by atoms with Crippen molar-refractivity contribution in [1.82, 2.24) is 0 Å². The Bertz CT molecular complexity index is 404. The fourth-order valence-corrected chi connectivity index (χ4v) is 1.67. The van der Waals surface area contributed by atoms with E-state index in [0.717, 1.165) is 24.2 Å². The van der Waals surface area contributed by atoms with Crippen molar-refractivity contribution in [2.75, 3.05) is 13.7 Å². The molecule has 0 atom stereocenters. The summed E-state index contributed by atoms with van der Waals surface area (Å²) in [5.41, 5.74) is 1.54. The van der Waals surface area contributed by atoms with Crippen molar-refractivity contribution in [2.24, 2.45) is 5.18 Å². The van der Waals surface area contributed by atoms with Gasteiger partial charge in [-0.1, -0.05) is 13.8 Å². The molecule has 0 aromatic heterocycles. The third-order valence-electron chi connectivity index (χ3n) is 2.81. The summed E-state index contributed by atoms with van der Waals surface area (Å²) in [5.74, 6) is 1.47. The van der Waals surface area contributed by atoms with Crippen LogP contribution in [0.4, 0.5) is 0 Å². The lowest BCUT2D eigenvalue weighted by atomic mass is 10.1. The third-order valence-corrected chi connectivity index (χ3v) is 2.81. The lowest BCUT2D eigenvalue weighted by Gasteiger charge is -2.09. The van der Waals surface area contributed by atoms with Gasteiger partial charge in [0.05, 0.1) is 7.11 Å². The highest BCUT2D eigenvalue weighted by Crippen LogP contribution is 2.19. The number of benzene rings is 1. The SMILES string of the molecule is CCC(CC)=C(COc1ccc(OC)cc1)N=O. The van der Waals surface area contributed by atoms with Gasteiger partial charge in [-0.2, -0.15) is 0 Å². The van der Waals surface area contributed by atoms with E-state index in [1.54, 1.807) is 19.2 Å². The lowest BCUT2D eigenvalue weighted by Crippen LogP contribution is -2.02. The molecule has 0 N–H and O–H groups in total. The van der Waals surface area contributed by atoms with Gasteiger partial charge in [0.15, 0.2) is 0 Å². The number of allylic oxidation sites excluding steroid dienone is 1. The first-order valence-corrected chi connectivity index (χ1v) is 6.06. The van der Waals surface area contributed by atoms with E-state index in [0.29, 0.717) is 11.4 Å². The van der Waals surface area contributed by atoms with Crippen LogP contribution in [0.2, 0.25) is 0 Å². The minimum absolute atomic E-state index is 0.215. The number of hydrogen-bond acceptors (Lipinski definition) is 4. The average molecular weight is 249 g/mol. The summed E-state index contributed by atoms with van der Waals surface area (Å²) in [5, 5.41) is 3.06. The molecule has 0 aliphatic rings. The van der Waals surface area contributed by atoms with Crippen LogP contribution in [-0.2, 0) is 0 Å². The monoisotopic (exact) mass is 249 g/mol. The largest absolute Gasteiger partial charge is 0.497 e. The summed E-state index contributed by atoms with van der Waals surface area (Å²) in [7, 11) is 1.61. The number of nitrogens with zero attached hydrogens (tertiary/aromatic N) is 1. The Morgan fingerprint density at radius 3 is 2.11 bits per heavy atom. The molecule has 4 heteroatoms. The molecular formula is C14H19NO3. The van der Waals surface area contributed by atoms with E-state index < -0.39 is 0 Å². The summed E-state index contributed by atoms with van der Waals surface area (Å²) in [4.78, 5) is 10.8. The van der Waals surface area contributed by atoms with E-state index in [1.165, 1.54) is 0 Å². The Morgan fingerprint density at radius 2 is 1.67 bits per heavy atom. The first-order chi connectivity index (χ1) is 8.74. The van der Waals surface area contributed by atoms with Crippen LogP contribution >= 0.6 is 0 Å².